The fourth-order valence-electron chi connectivity index (χ4n) is 0.770. The van der Waals surface area contributed by atoms with Crippen LogP contribution < -0.4 is 0 Å². The van der Waals surface area contributed by atoms with Crippen molar-refractivity contribution in [1.82, 2.24) is 0 Å². The average molecular weight is 255 g/mol. The quantitative estimate of drug-likeness (QED) is 0.708. The van der Waals surface area contributed by atoms with Gasteiger partial charge in [-0.3, -0.25) is 0 Å². The molecule has 0 amide bonds. The van der Waals surface area contributed by atoms with Gasteiger partial charge in [-0.05, 0) is 46.4 Å². The van der Waals surface area contributed by atoms with Gasteiger partial charge in [-0.1, -0.05) is 12.7 Å². The van der Waals surface area contributed by atoms with Crippen LogP contribution in [0.15, 0.2) is 24.8 Å². The number of hydrogen-bond donors (Lipinski definition) is 0. The molecule has 0 atom stereocenters. The van der Waals surface area contributed by atoms with E-state index in [1.54, 1.807) is 12.1 Å². The van der Waals surface area contributed by atoms with Crippen molar-refractivity contribution in [2.75, 3.05) is 0 Å². The molecule has 1 aromatic rings. The molecule has 54 valence electrons. The van der Waals surface area contributed by atoms with Crippen LogP contribution in [-0.2, 0) is 0 Å². The average Bonchev–Trinajstić information content (AvgIpc) is 2.05. The lowest BCUT2D eigenvalue weighted by atomic mass is 10.1. The van der Waals surface area contributed by atoms with E-state index in [0.717, 1.165) is 9.13 Å². The number of nitrogens with zero attached hydrogens (tertiary/aromatic N) is 1. The number of benzene rings is 1. The summed E-state index contributed by atoms with van der Waals surface area (Å²) in [7, 11) is 0. The SMILES string of the molecule is C=Cc1cc(C#N)ccc1I. The van der Waals surface area contributed by atoms with E-state index in [1.165, 1.54) is 0 Å². The summed E-state index contributed by atoms with van der Waals surface area (Å²) in [5.74, 6) is 0. The Kier molecular flexibility index (Phi) is 2.66. The largest absolute Gasteiger partial charge is 0.192 e. The molecule has 0 spiro atoms. The molecule has 0 aliphatic rings. The van der Waals surface area contributed by atoms with E-state index in [9.17, 15) is 0 Å². The van der Waals surface area contributed by atoms with Crippen LogP contribution in [0.3, 0.4) is 0 Å². The predicted octanol–water partition coefficient (Wildman–Crippen LogP) is 2.81. The molecule has 0 bridgehead atoms. The van der Waals surface area contributed by atoms with Crippen LogP contribution >= 0.6 is 22.6 Å². The molecule has 1 nitrogen and oxygen atoms in total. The molecule has 0 aliphatic carbocycles. The lowest BCUT2D eigenvalue weighted by Crippen LogP contribution is -1.81. The van der Waals surface area contributed by atoms with Gasteiger partial charge in [0.15, 0.2) is 0 Å². The van der Waals surface area contributed by atoms with Gasteiger partial charge in [0.25, 0.3) is 0 Å². The predicted molar refractivity (Wildman–Crippen MR) is 54.0 cm³/mol. The van der Waals surface area contributed by atoms with E-state index in [0.29, 0.717) is 5.56 Å². The first kappa shape index (κ1) is 8.28. The van der Waals surface area contributed by atoms with Gasteiger partial charge in [0.2, 0.25) is 0 Å². The summed E-state index contributed by atoms with van der Waals surface area (Å²) >= 11 is 2.21. The Morgan fingerprint density at radius 1 is 1.55 bits per heavy atom. The van der Waals surface area contributed by atoms with Gasteiger partial charge in [-0.25, -0.2) is 0 Å². The van der Waals surface area contributed by atoms with Crippen molar-refractivity contribution in [3.8, 4) is 6.07 Å². The van der Waals surface area contributed by atoms with Crippen molar-refractivity contribution in [3.05, 3.63) is 39.5 Å². The summed E-state index contributed by atoms with van der Waals surface area (Å²) in [6.07, 6.45) is 1.75. The molecule has 1 aromatic carbocycles. The second-order valence-corrected chi connectivity index (χ2v) is 3.21. The maximum absolute atomic E-state index is 8.56. The molecule has 0 N–H and O–H groups in total. The summed E-state index contributed by atoms with van der Waals surface area (Å²) in [5, 5.41) is 8.56. The second-order valence-electron chi connectivity index (χ2n) is 2.05. The summed E-state index contributed by atoms with van der Waals surface area (Å²) in [6.45, 7) is 3.65. The molecule has 1 rings (SSSR count). The second kappa shape index (κ2) is 3.54. The van der Waals surface area contributed by atoms with Crippen molar-refractivity contribution >= 4 is 28.7 Å². The molecule has 0 heterocycles. The van der Waals surface area contributed by atoms with Gasteiger partial charge in [-0.2, -0.15) is 5.26 Å². The molecule has 2 heteroatoms. The normalized spacial score (nSPS) is 8.73. The van der Waals surface area contributed by atoms with Crippen molar-refractivity contribution in [3.63, 3.8) is 0 Å². The molecular weight excluding hydrogens is 249 g/mol. The highest BCUT2D eigenvalue weighted by molar-refractivity contribution is 14.1. The Morgan fingerprint density at radius 2 is 2.27 bits per heavy atom. The minimum atomic E-state index is 0.681. The summed E-state index contributed by atoms with van der Waals surface area (Å²) in [6, 6.07) is 7.62. The molecule has 0 fully saturated rings. The van der Waals surface area contributed by atoms with Crippen molar-refractivity contribution in [1.29, 1.82) is 5.26 Å². The number of hydrogen-bond acceptors (Lipinski definition) is 1. The van der Waals surface area contributed by atoms with Crippen LogP contribution in [-0.4, -0.2) is 0 Å². The smallest absolute Gasteiger partial charge is 0.0991 e. The summed E-state index contributed by atoms with van der Waals surface area (Å²) in [4.78, 5) is 0. The maximum Gasteiger partial charge on any atom is 0.0991 e. The fraction of sp³-hybridized carbons (Fsp3) is 0. The minimum absolute atomic E-state index is 0.681. The fourth-order valence-corrected chi connectivity index (χ4v) is 1.33. The standard InChI is InChI=1S/C9H6IN/c1-2-8-5-7(6-11)3-4-9(8)10/h2-5H,1H2. The van der Waals surface area contributed by atoms with Gasteiger partial charge in [0.05, 0.1) is 11.6 Å². The third-order valence-electron chi connectivity index (χ3n) is 1.35. The van der Waals surface area contributed by atoms with Crippen LogP contribution in [0.25, 0.3) is 6.08 Å². The summed E-state index contributed by atoms with van der Waals surface area (Å²) in [5.41, 5.74) is 1.70. The lowest BCUT2D eigenvalue weighted by molar-refractivity contribution is 1.47. The number of nitriles is 1. The highest BCUT2D eigenvalue weighted by Gasteiger charge is 1.95. The first-order valence-corrected chi connectivity index (χ1v) is 4.18. The number of rotatable bonds is 1. The van der Waals surface area contributed by atoms with E-state index in [-0.39, 0.29) is 0 Å². The highest BCUT2D eigenvalue weighted by Crippen LogP contribution is 2.14. The van der Waals surface area contributed by atoms with Crippen LogP contribution in [0.5, 0.6) is 0 Å². The minimum Gasteiger partial charge on any atom is -0.192 e. The molecule has 0 radical (unpaired) electrons. The molecule has 0 aliphatic heterocycles. The first-order chi connectivity index (χ1) is 5.27. The zero-order chi connectivity index (χ0) is 8.27. The molecule has 11 heavy (non-hydrogen) atoms. The lowest BCUT2D eigenvalue weighted by Gasteiger charge is -1.96. The highest BCUT2D eigenvalue weighted by atomic mass is 127. The molecule has 0 unspecified atom stereocenters. The van der Waals surface area contributed by atoms with Gasteiger partial charge in [0.1, 0.15) is 0 Å². The van der Waals surface area contributed by atoms with Gasteiger partial charge in [-0.15, -0.1) is 0 Å². The Balaban J connectivity index is 3.25. The zero-order valence-corrected chi connectivity index (χ0v) is 8.00. The van der Waals surface area contributed by atoms with Crippen LogP contribution in [0.2, 0.25) is 0 Å². The van der Waals surface area contributed by atoms with Crippen molar-refractivity contribution in [2.45, 2.75) is 0 Å². The number of halogens is 1. The topological polar surface area (TPSA) is 23.8 Å². The van der Waals surface area contributed by atoms with Crippen LogP contribution in [0, 0.1) is 14.9 Å². The summed E-state index contributed by atoms with van der Waals surface area (Å²) < 4.78 is 1.12. The van der Waals surface area contributed by atoms with Crippen LogP contribution in [0.4, 0.5) is 0 Å². The Labute approximate surface area is 79.5 Å². The third-order valence-corrected chi connectivity index (χ3v) is 2.33. The van der Waals surface area contributed by atoms with Crippen molar-refractivity contribution < 1.29 is 0 Å². The first-order valence-electron chi connectivity index (χ1n) is 3.10. The van der Waals surface area contributed by atoms with E-state index in [1.807, 2.05) is 12.1 Å². The molecule has 0 saturated carbocycles. The monoisotopic (exact) mass is 255 g/mol. The van der Waals surface area contributed by atoms with Crippen LogP contribution in [0.1, 0.15) is 11.1 Å². The zero-order valence-electron chi connectivity index (χ0n) is 5.84. The van der Waals surface area contributed by atoms with E-state index >= 15 is 0 Å². The Hall–Kier alpha value is -0.820. The third kappa shape index (κ3) is 1.81. The Bertz CT molecular complexity index is 323. The van der Waals surface area contributed by atoms with Gasteiger partial charge >= 0.3 is 0 Å². The molecular formula is C9H6IN. The van der Waals surface area contributed by atoms with E-state index in [4.69, 9.17) is 5.26 Å². The molecule has 0 aromatic heterocycles. The van der Waals surface area contributed by atoms with Crippen molar-refractivity contribution in [2.24, 2.45) is 0 Å². The van der Waals surface area contributed by atoms with Gasteiger partial charge in [0, 0.05) is 3.57 Å². The maximum atomic E-state index is 8.56. The molecule has 0 saturated heterocycles. The van der Waals surface area contributed by atoms with Gasteiger partial charge < -0.3 is 0 Å². The van der Waals surface area contributed by atoms with E-state index < -0.39 is 0 Å². The van der Waals surface area contributed by atoms with E-state index in [2.05, 4.69) is 35.2 Å². The Morgan fingerprint density at radius 3 is 2.82 bits per heavy atom.